The SMILES string of the molecule is C1CC[C@H]2CNC[C@H]2C1.CC(C(=O)O)C(=O)c1ccc2ccccc2n1.O=C(O)[C@H](CC(=O)N1C[C@H]2CCCC[C@H]2C1)Cc1ccccc1. The van der Waals surface area contributed by atoms with Crippen LogP contribution in [0.2, 0.25) is 0 Å². The molecule has 2 aromatic carbocycles. The highest BCUT2D eigenvalue weighted by molar-refractivity contribution is 6.07. The molecule has 49 heavy (non-hydrogen) atoms. The zero-order valence-electron chi connectivity index (χ0n) is 28.6. The van der Waals surface area contributed by atoms with E-state index >= 15 is 0 Å². The monoisotopic (exact) mass is 669 g/mol. The van der Waals surface area contributed by atoms with Crippen LogP contribution in [0.5, 0.6) is 0 Å². The number of Topliss-reactive ketones (excluding diaryl/α,β-unsaturated/α-hetero) is 1. The molecule has 2 saturated carbocycles. The lowest BCUT2D eigenvalue weighted by atomic mass is 9.82. The number of carbonyl (C=O) groups excluding carboxylic acids is 2. The molecule has 2 aliphatic carbocycles. The van der Waals surface area contributed by atoms with E-state index in [0.717, 1.165) is 35.9 Å². The fraction of sp³-hybridized carbons (Fsp3) is 0.525. The van der Waals surface area contributed by atoms with E-state index in [0.29, 0.717) is 23.8 Å². The lowest BCUT2D eigenvalue weighted by molar-refractivity contribution is -0.145. The van der Waals surface area contributed by atoms with Crippen molar-refractivity contribution in [1.29, 1.82) is 0 Å². The van der Waals surface area contributed by atoms with E-state index in [4.69, 9.17) is 5.11 Å². The predicted octanol–water partition coefficient (Wildman–Crippen LogP) is 6.50. The van der Waals surface area contributed by atoms with Crippen LogP contribution in [0.25, 0.3) is 10.9 Å². The standard InChI is InChI=1S/C19H25NO3.C13H11NO3.C8H15N/c21-18(20-12-15-8-4-5-9-16(15)13-20)11-17(19(22)23)10-14-6-2-1-3-7-14;1-8(13(16)17)12(15)11-7-6-9-4-2-3-5-10(9)14-11;1-2-4-8-6-9-5-7(8)3-1/h1-3,6-7,15-17H,4-5,8-13H2,(H,22,23);2-8H,1H3,(H,16,17);7-9H,1-6H2/t15-,16+,17-;;7-,8+/m0../s1. The number of aromatic nitrogens is 1. The van der Waals surface area contributed by atoms with Crippen molar-refractivity contribution in [3.63, 3.8) is 0 Å². The van der Waals surface area contributed by atoms with Gasteiger partial charge in [0.2, 0.25) is 5.91 Å². The zero-order chi connectivity index (χ0) is 34.8. The third kappa shape index (κ3) is 9.97. The molecule has 3 aromatic rings. The largest absolute Gasteiger partial charge is 0.481 e. The Morgan fingerprint density at radius 2 is 1.33 bits per heavy atom. The van der Waals surface area contributed by atoms with Gasteiger partial charge in [0.1, 0.15) is 11.6 Å². The van der Waals surface area contributed by atoms with Gasteiger partial charge in [0.05, 0.1) is 11.4 Å². The Bertz CT molecular complexity index is 1550. The molecular weight excluding hydrogens is 618 g/mol. The second-order valence-corrected chi connectivity index (χ2v) is 14.3. The Balaban J connectivity index is 0.000000157. The number of para-hydroxylation sites is 1. The van der Waals surface area contributed by atoms with Gasteiger partial charge in [0.25, 0.3) is 0 Å². The fourth-order valence-electron chi connectivity index (χ4n) is 7.91. The van der Waals surface area contributed by atoms with Crippen LogP contribution in [0.4, 0.5) is 0 Å². The Kier molecular flexibility index (Phi) is 12.9. The molecule has 2 saturated heterocycles. The quantitative estimate of drug-likeness (QED) is 0.183. The summed E-state index contributed by atoms with van der Waals surface area (Å²) in [6.45, 7) is 5.65. The van der Waals surface area contributed by atoms with E-state index in [1.54, 1.807) is 18.2 Å². The number of pyridine rings is 1. The first-order valence-electron chi connectivity index (χ1n) is 18.1. The summed E-state index contributed by atoms with van der Waals surface area (Å²) in [6.07, 6.45) is 11.5. The van der Waals surface area contributed by atoms with Gasteiger partial charge in [-0.1, -0.05) is 80.3 Å². The second kappa shape index (κ2) is 17.5. The summed E-state index contributed by atoms with van der Waals surface area (Å²) >= 11 is 0. The number of hydrogen-bond donors (Lipinski definition) is 3. The summed E-state index contributed by atoms with van der Waals surface area (Å²) in [5.74, 6) is -0.765. The van der Waals surface area contributed by atoms with Crippen LogP contribution in [0.1, 0.15) is 80.8 Å². The van der Waals surface area contributed by atoms with E-state index in [1.165, 1.54) is 71.4 Å². The minimum Gasteiger partial charge on any atom is -0.481 e. The zero-order valence-corrected chi connectivity index (χ0v) is 28.6. The molecule has 0 bridgehead atoms. The van der Waals surface area contributed by atoms with Crippen LogP contribution in [0, 0.1) is 35.5 Å². The van der Waals surface area contributed by atoms with Crippen molar-refractivity contribution in [2.24, 2.45) is 35.5 Å². The molecule has 9 heteroatoms. The second-order valence-electron chi connectivity index (χ2n) is 14.3. The van der Waals surface area contributed by atoms with Gasteiger partial charge in [-0.25, -0.2) is 4.98 Å². The summed E-state index contributed by atoms with van der Waals surface area (Å²) in [6, 6.07) is 20.3. The Labute approximate surface area is 289 Å². The topological polar surface area (TPSA) is 137 Å². The van der Waals surface area contributed by atoms with Crippen LogP contribution in [-0.4, -0.2) is 69.9 Å². The number of hydrogen-bond acceptors (Lipinski definition) is 6. The van der Waals surface area contributed by atoms with E-state index in [-0.39, 0.29) is 18.0 Å². The molecule has 4 aliphatic rings. The van der Waals surface area contributed by atoms with Crippen LogP contribution >= 0.6 is 0 Å². The van der Waals surface area contributed by atoms with Crippen LogP contribution in [-0.2, 0) is 20.8 Å². The third-order valence-electron chi connectivity index (χ3n) is 10.9. The molecule has 9 nitrogen and oxygen atoms in total. The van der Waals surface area contributed by atoms with Crippen molar-refractivity contribution in [2.45, 2.75) is 71.1 Å². The van der Waals surface area contributed by atoms with Gasteiger partial charge in [-0.15, -0.1) is 0 Å². The maximum Gasteiger partial charge on any atom is 0.314 e. The van der Waals surface area contributed by atoms with E-state index in [2.05, 4.69) is 10.3 Å². The normalized spacial score (nSPS) is 23.8. The molecule has 3 heterocycles. The summed E-state index contributed by atoms with van der Waals surface area (Å²) < 4.78 is 0. The minimum atomic E-state index is -1.13. The smallest absolute Gasteiger partial charge is 0.314 e. The molecule has 4 fully saturated rings. The van der Waals surface area contributed by atoms with E-state index in [9.17, 15) is 24.3 Å². The molecule has 1 amide bonds. The minimum absolute atomic E-state index is 0.0164. The van der Waals surface area contributed by atoms with E-state index < -0.39 is 29.6 Å². The number of carboxylic acid groups (broad SMARTS) is 2. The maximum absolute atomic E-state index is 12.6. The molecule has 6 atom stereocenters. The highest BCUT2D eigenvalue weighted by Gasteiger charge is 2.37. The number of aliphatic carboxylic acids is 2. The molecule has 262 valence electrons. The highest BCUT2D eigenvalue weighted by atomic mass is 16.4. The number of amides is 1. The maximum atomic E-state index is 12.6. The van der Waals surface area contributed by atoms with Crippen molar-refractivity contribution in [3.8, 4) is 0 Å². The number of benzene rings is 2. The number of nitrogens with zero attached hydrogens (tertiary/aromatic N) is 2. The van der Waals surface area contributed by atoms with Gasteiger partial charge < -0.3 is 20.4 Å². The van der Waals surface area contributed by atoms with Crippen molar-refractivity contribution in [1.82, 2.24) is 15.2 Å². The molecule has 0 spiro atoms. The van der Waals surface area contributed by atoms with Gasteiger partial charge >= 0.3 is 11.9 Å². The van der Waals surface area contributed by atoms with Crippen LogP contribution in [0.15, 0.2) is 66.7 Å². The summed E-state index contributed by atoms with van der Waals surface area (Å²) in [4.78, 5) is 52.7. The summed E-state index contributed by atoms with van der Waals surface area (Å²) in [5, 5.41) is 22.6. The average molecular weight is 670 g/mol. The fourth-order valence-corrected chi connectivity index (χ4v) is 7.91. The van der Waals surface area contributed by atoms with Gasteiger partial charge in [0.15, 0.2) is 5.78 Å². The van der Waals surface area contributed by atoms with Gasteiger partial charge in [-0.05, 0) is 93.5 Å². The van der Waals surface area contributed by atoms with E-state index in [1.807, 2.05) is 53.4 Å². The first-order chi connectivity index (χ1) is 23.7. The number of carboxylic acids is 2. The molecular formula is C40H51N3O6. The molecule has 3 N–H and O–H groups in total. The number of carbonyl (C=O) groups is 4. The van der Waals surface area contributed by atoms with Gasteiger partial charge in [-0.2, -0.15) is 0 Å². The van der Waals surface area contributed by atoms with Crippen molar-refractivity contribution in [3.05, 3.63) is 78.0 Å². The Morgan fingerprint density at radius 3 is 1.92 bits per heavy atom. The highest BCUT2D eigenvalue weighted by Crippen LogP contribution is 2.36. The summed E-state index contributed by atoms with van der Waals surface area (Å²) in [5.41, 5.74) is 1.86. The Hall–Kier alpha value is -4.11. The summed E-state index contributed by atoms with van der Waals surface area (Å²) in [7, 11) is 0. The van der Waals surface area contributed by atoms with Gasteiger partial charge in [0, 0.05) is 24.9 Å². The molecule has 2 aliphatic heterocycles. The number of nitrogens with one attached hydrogen (secondary N) is 1. The third-order valence-corrected chi connectivity index (χ3v) is 10.9. The number of likely N-dealkylation sites (tertiary alicyclic amines) is 1. The first-order valence-corrected chi connectivity index (χ1v) is 18.1. The predicted molar refractivity (Wildman–Crippen MR) is 189 cm³/mol. The lowest BCUT2D eigenvalue weighted by Crippen LogP contribution is -2.33. The average Bonchev–Trinajstić information content (AvgIpc) is 3.79. The molecule has 1 aromatic heterocycles. The van der Waals surface area contributed by atoms with Gasteiger partial charge in [-0.3, -0.25) is 19.2 Å². The molecule has 0 radical (unpaired) electrons. The molecule has 1 unspecified atom stereocenters. The number of rotatable bonds is 8. The number of ketones is 1. The first kappa shape index (κ1) is 36.2. The molecule has 7 rings (SSSR count). The van der Waals surface area contributed by atoms with Crippen LogP contribution in [0.3, 0.4) is 0 Å². The van der Waals surface area contributed by atoms with Crippen LogP contribution < -0.4 is 5.32 Å². The Morgan fingerprint density at radius 1 is 0.755 bits per heavy atom. The number of fused-ring (bicyclic) bond motifs is 3. The lowest BCUT2D eigenvalue weighted by Gasteiger charge is -2.23. The van der Waals surface area contributed by atoms with Crippen molar-refractivity contribution < 1.29 is 29.4 Å². The van der Waals surface area contributed by atoms with Crippen molar-refractivity contribution >= 4 is 34.5 Å². The van der Waals surface area contributed by atoms with Crippen molar-refractivity contribution in [2.75, 3.05) is 26.2 Å².